The van der Waals surface area contributed by atoms with Crippen molar-refractivity contribution < 1.29 is 17.9 Å². The highest BCUT2D eigenvalue weighted by Gasteiger charge is 2.31. The lowest BCUT2D eigenvalue weighted by molar-refractivity contribution is -0.137. The molecule has 0 spiro atoms. The van der Waals surface area contributed by atoms with Gasteiger partial charge in [0.1, 0.15) is 5.75 Å². The molecule has 0 saturated carbocycles. The van der Waals surface area contributed by atoms with E-state index in [9.17, 15) is 13.2 Å². The number of halogens is 4. The Kier molecular flexibility index (Phi) is 7.98. The molecule has 2 N–H and O–H groups in total. The van der Waals surface area contributed by atoms with Crippen molar-refractivity contribution in [3.05, 3.63) is 29.3 Å². The fourth-order valence-corrected chi connectivity index (χ4v) is 1.96. The number of alkyl halides is 3. The Bertz CT molecular complexity index is 410. The van der Waals surface area contributed by atoms with Crippen LogP contribution in [-0.4, -0.2) is 7.11 Å². The first-order valence-electron chi connectivity index (χ1n) is 6.40. The third kappa shape index (κ3) is 5.21. The van der Waals surface area contributed by atoms with Gasteiger partial charge in [-0.2, -0.15) is 13.2 Å². The molecule has 1 aromatic rings. The lowest BCUT2D eigenvalue weighted by Gasteiger charge is -2.17. The highest BCUT2D eigenvalue weighted by molar-refractivity contribution is 5.85. The van der Waals surface area contributed by atoms with Crippen molar-refractivity contribution in [2.75, 3.05) is 7.11 Å². The van der Waals surface area contributed by atoms with Crippen molar-refractivity contribution >= 4 is 12.4 Å². The molecule has 0 aliphatic rings. The average molecular weight is 312 g/mol. The van der Waals surface area contributed by atoms with Crippen LogP contribution in [0.25, 0.3) is 0 Å². The first-order chi connectivity index (χ1) is 8.90. The van der Waals surface area contributed by atoms with Crippen LogP contribution in [-0.2, 0) is 6.18 Å². The van der Waals surface area contributed by atoms with Gasteiger partial charge in [-0.1, -0.05) is 32.3 Å². The predicted octanol–water partition coefficient (Wildman–Crippen LogP) is 4.72. The molecule has 2 nitrogen and oxygen atoms in total. The van der Waals surface area contributed by atoms with Gasteiger partial charge in [-0.3, -0.25) is 0 Å². The molecule has 1 aromatic carbocycles. The van der Waals surface area contributed by atoms with Gasteiger partial charge in [0.15, 0.2) is 0 Å². The number of methoxy groups -OCH3 is 1. The van der Waals surface area contributed by atoms with Gasteiger partial charge in [-0.25, -0.2) is 0 Å². The Morgan fingerprint density at radius 1 is 1.25 bits per heavy atom. The van der Waals surface area contributed by atoms with E-state index in [-0.39, 0.29) is 24.2 Å². The summed E-state index contributed by atoms with van der Waals surface area (Å²) in [6.07, 6.45) is -0.511. The number of ether oxygens (including phenoxy) is 1. The van der Waals surface area contributed by atoms with Crippen molar-refractivity contribution in [3.63, 3.8) is 0 Å². The summed E-state index contributed by atoms with van der Waals surface area (Å²) < 4.78 is 42.8. The molecule has 0 aliphatic heterocycles. The van der Waals surface area contributed by atoms with Crippen LogP contribution in [0.3, 0.4) is 0 Å². The summed E-state index contributed by atoms with van der Waals surface area (Å²) in [5, 5.41) is 0. The molecule has 1 atom stereocenters. The van der Waals surface area contributed by atoms with Gasteiger partial charge in [0.2, 0.25) is 0 Å². The monoisotopic (exact) mass is 311 g/mol. The SMILES string of the molecule is CCCCC[C@@H](N)c1ccc(C(F)(F)F)cc1OC.Cl. The summed E-state index contributed by atoms with van der Waals surface area (Å²) >= 11 is 0. The van der Waals surface area contributed by atoms with Crippen molar-refractivity contribution in [1.29, 1.82) is 0 Å². The van der Waals surface area contributed by atoms with Crippen LogP contribution in [0.15, 0.2) is 18.2 Å². The first-order valence-corrected chi connectivity index (χ1v) is 6.40. The largest absolute Gasteiger partial charge is 0.496 e. The summed E-state index contributed by atoms with van der Waals surface area (Å²) in [5.41, 5.74) is 5.93. The summed E-state index contributed by atoms with van der Waals surface area (Å²) in [4.78, 5) is 0. The van der Waals surface area contributed by atoms with Crippen molar-refractivity contribution in [2.24, 2.45) is 5.73 Å². The van der Waals surface area contributed by atoms with Gasteiger partial charge in [0.25, 0.3) is 0 Å². The van der Waals surface area contributed by atoms with Crippen LogP contribution in [0.5, 0.6) is 5.75 Å². The maximum Gasteiger partial charge on any atom is 0.416 e. The molecule has 20 heavy (non-hydrogen) atoms. The molecule has 6 heteroatoms. The lowest BCUT2D eigenvalue weighted by Crippen LogP contribution is -2.13. The van der Waals surface area contributed by atoms with Crippen LogP contribution < -0.4 is 10.5 Å². The van der Waals surface area contributed by atoms with Crippen LogP contribution in [0.1, 0.15) is 49.8 Å². The molecule has 0 radical (unpaired) electrons. The normalized spacial score (nSPS) is 12.7. The van der Waals surface area contributed by atoms with E-state index in [1.807, 2.05) is 0 Å². The average Bonchev–Trinajstić information content (AvgIpc) is 2.37. The third-order valence-corrected chi connectivity index (χ3v) is 3.08. The van der Waals surface area contributed by atoms with Crippen molar-refractivity contribution in [3.8, 4) is 5.75 Å². The number of hydrogen-bond donors (Lipinski definition) is 1. The second kappa shape index (κ2) is 8.37. The van der Waals surface area contributed by atoms with Crippen molar-refractivity contribution in [2.45, 2.75) is 44.8 Å². The lowest BCUT2D eigenvalue weighted by atomic mass is 9.99. The summed E-state index contributed by atoms with van der Waals surface area (Å²) in [6.45, 7) is 2.09. The number of hydrogen-bond acceptors (Lipinski definition) is 2. The zero-order valence-electron chi connectivity index (χ0n) is 11.7. The molecule has 0 aliphatic carbocycles. The van der Waals surface area contributed by atoms with Gasteiger partial charge < -0.3 is 10.5 Å². The second-order valence-corrected chi connectivity index (χ2v) is 4.56. The number of nitrogens with two attached hydrogens (primary N) is 1. The molecule has 0 unspecified atom stereocenters. The Morgan fingerprint density at radius 2 is 1.90 bits per heavy atom. The summed E-state index contributed by atoms with van der Waals surface area (Å²) in [5.74, 6) is 0.207. The standard InChI is InChI=1S/C14H20F3NO.ClH/c1-3-4-5-6-12(18)11-8-7-10(14(15,16)17)9-13(11)19-2;/h7-9,12H,3-6,18H2,1-2H3;1H/t12-;/m1./s1. The molecule has 0 heterocycles. The zero-order valence-corrected chi connectivity index (χ0v) is 12.5. The Labute approximate surface area is 123 Å². The molecule has 0 amide bonds. The van der Waals surface area contributed by atoms with Gasteiger partial charge >= 0.3 is 6.18 Å². The Hall–Kier alpha value is -0.940. The predicted molar refractivity (Wildman–Crippen MR) is 76.3 cm³/mol. The Morgan fingerprint density at radius 3 is 2.40 bits per heavy atom. The van der Waals surface area contributed by atoms with E-state index in [1.165, 1.54) is 13.2 Å². The van der Waals surface area contributed by atoms with Crippen LogP contribution in [0.4, 0.5) is 13.2 Å². The van der Waals surface area contributed by atoms with Gasteiger partial charge in [-0.15, -0.1) is 12.4 Å². The molecule has 0 saturated heterocycles. The molecule has 116 valence electrons. The molecular weight excluding hydrogens is 291 g/mol. The molecule has 1 rings (SSSR count). The summed E-state index contributed by atoms with van der Waals surface area (Å²) in [6, 6.07) is 3.19. The highest BCUT2D eigenvalue weighted by atomic mass is 35.5. The minimum Gasteiger partial charge on any atom is -0.496 e. The highest BCUT2D eigenvalue weighted by Crippen LogP contribution is 2.35. The third-order valence-electron chi connectivity index (χ3n) is 3.08. The topological polar surface area (TPSA) is 35.2 Å². The molecule has 0 fully saturated rings. The maximum absolute atomic E-state index is 12.6. The Balaban J connectivity index is 0.00000361. The number of rotatable bonds is 6. The minimum atomic E-state index is -4.36. The second-order valence-electron chi connectivity index (χ2n) is 4.56. The van der Waals surface area contributed by atoms with E-state index >= 15 is 0 Å². The van der Waals surface area contributed by atoms with Gasteiger partial charge in [0, 0.05) is 11.6 Å². The number of benzene rings is 1. The van der Waals surface area contributed by atoms with E-state index in [0.717, 1.165) is 37.8 Å². The van der Waals surface area contributed by atoms with E-state index in [1.54, 1.807) is 0 Å². The summed E-state index contributed by atoms with van der Waals surface area (Å²) in [7, 11) is 1.36. The molecule has 0 bridgehead atoms. The fourth-order valence-electron chi connectivity index (χ4n) is 1.96. The van der Waals surface area contributed by atoms with Crippen LogP contribution in [0.2, 0.25) is 0 Å². The van der Waals surface area contributed by atoms with Crippen LogP contribution >= 0.6 is 12.4 Å². The van der Waals surface area contributed by atoms with Gasteiger partial charge in [-0.05, 0) is 18.6 Å². The van der Waals surface area contributed by atoms with E-state index < -0.39 is 11.7 Å². The zero-order chi connectivity index (χ0) is 14.5. The van der Waals surface area contributed by atoms with Crippen LogP contribution in [0, 0.1) is 0 Å². The number of unbranched alkanes of at least 4 members (excludes halogenated alkanes) is 2. The first kappa shape index (κ1) is 19.1. The van der Waals surface area contributed by atoms with E-state index in [4.69, 9.17) is 10.5 Å². The minimum absolute atomic E-state index is 0. The molecule has 0 aromatic heterocycles. The molecular formula is C14H21ClF3NO. The maximum atomic E-state index is 12.6. The quantitative estimate of drug-likeness (QED) is 0.772. The van der Waals surface area contributed by atoms with Gasteiger partial charge in [0.05, 0.1) is 12.7 Å². The smallest absolute Gasteiger partial charge is 0.416 e. The van der Waals surface area contributed by atoms with E-state index in [2.05, 4.69) is 6.92 Å². The fraction of sp³-hybridized carbons (Fsp3) is 0.571. The van der Waals surface area contributed by atoms with E-state index in [0.29, 0.717) is 5.56 Å². The van der Waals surface area contributed by atoms with Crippen molar-refractivity contribution in [1.82, 2.24) is 0 Å².